The zero-order valence-electron chi connectivity index (χ0n) is 16.8. The van der Waals surface area contributed by atoms with Crippen LogP contribution in [-0.4, -0.2) is 61.4 Å². The first-order chi connectivity index (χ1) is 13.3. The molecule has 156 valence electrons. The predicted octanol–water partition coefficient (Wildman–Crippen LogP) is 3.10. The SMILES string of the molecule is CCNC(=NCC(c1ccc(C)s1)N1CCOCC1)NCCn1cccc1.I. The summed E-state index contributed by atoms with van der Waals surface area (Å²) in [5.74, 6) is 0.885. The summed E-state index contributed by atoms with van der Waals surface area (Å²) in [4.78, 5) is 10.1. The van der Waals surface area contributed by atoms with E-state index < -0.39 is 0 Å². The molecule has 3 heterocycles. The maximum atomic E-state index is 5.54. The van der Waals surface area contributed by atoms with Crippen molar-refractivity contribution in [2.75, 3.05) is 45.9 Å². The van der Waals surface area contributed by atoms with Gasteiger partial charge in [-0.05, 0) is 38.1 Å². The lowest BCUT2D eigenvalue weighted by Gasteiger charge is -2.33. The number of aryl methyl sites for hydroxylation is 1. The summed E-state index contributed by atoms with van der Waals surface area (Å²) in [6.07, 6.45) is 4.17. The molecule has 1 fully saturated rings. The second-order valence-corrected chi connectivity index (χ2v) is 8.00. The molecule has 6 nitrogen and oxygen atoms in total. The average Bonchev–Trinajstić information content (AvgIpc) is 3.35. The van der Waals surface area contributed by atoms with Crippen LogP contribution in [0, 0.1) is 6.92 Å². The van der Waals surface area contributed by atoms with Crippen LogP contribution in [0.15, 0.2) is 41.7 Å². The first-order valence-corrected chi connectivity index (χ1v) is 10.6. The van der Waals surface area contributed by atoms with Crippen molar-refractivity contribution in [2.45, 2.75) is 26.4 Å². The van der Waals surface area contributed by atoms with Gasteiger partial charge < -0.3 is 19.9 Å². The van der Waals surface area contributed by atoms with E-state index in [9.17, 15) is 0 Å². The Labute approximate surface area is 189 Å². The average molecular weight is 517 g/mol. The Morgan fingerprint density at radius 2 is 1.96 bits per heavy atom. The van der Waals surface area contributed by atoms with E-state index in [1.807, 2.05) is 11.3 Å². The van der Waals surface area contributed by atoms with E-state index in [1.165, 1.54) is 9.75 Å². The molecule has 1 saturated heterocycles. The zero-order chi connectivity index (χ0) is 18.9. The van der Waals surface area contributed by atoms with E-state index in [2.05, 4.69) is 70.6 Å². The quantitative estimate of drug-likeness (QED) is 0.321. The van der Waals surface area contributed by atoms with Gasteiger partial charge in [-0.25, -0.2) is 0 Å². The number of halogens is 1. The number of thiophene rings is 1. The second kappa shape index (κ2) is 12.5. The summed E-state index contributed by atoms with van der Waals surface area (Å²) >= 11 is 1.87. The van der Waals surface area contributed by atoms with Crippen molar-refractivity contribution in [3.05, 3.63) is 46.4 Å². The van der Waals surface area contributed by atoms with Gasteiger partial charge in [0, 0.05) is 54.9 Å². The molecule has 1 aliphatic heterocycles. The highest BCUT2D eigenvalue weighted by atomic mass is 127. The molecule has 2 aromatic rings. The number of guanidine groups is 1. The fourth-order valence-corrected chi connectivity index (χ4v) is 4.25. The van der Waals surface area contributed by atoms with E-state index in [0.29, 0.717) is 6.04 Å². The van der Waals surface area contributed by atoms with Crippen LogP contribution < -0.4 is 10.6 Å². The fourth-order valence-electron chi connectivity index (χ4n) is 3.25. The van der Waals surface area contributed by atoms with Crippen LogP contribution in [0.5, 0.6) is 0 Å². The van der Waals surface area contributed by atoms with Crippen LogP contribution in [-0.2, 0) is 11.3 Å². The van der Waals surface area contributed by atoms with Crippen molar-refractivity contribution in [2.24, 2.45) is 4.99 Å². The third-order valence-electron chi connectivity index (χ3n) is 4.67. The van der Waals surface area contributed by atoms with Gasteiger partial charge in [0.05, 0.1) is 25.8 Å². The molecule has 0 radical (unpaired) electrons. The lowest BCUT2D eigenvalue weighted by molar-refractivity contribution is 0.0186. The highest BCUT2D eigenvalue weighted by Crippen LogP contribution is 2.28. The number of nitrogens with one attached hydrogen (secondary N) is 2. The molecule has 0 bridgehead atoms. The number of nitrogens with zero attached hydrogens (tertiary/aromatic N) is 3. The van der Waals surface area contributed by atoms with Gasteiger partial charge in [0.25, 0.3) is 0 Å². The minimum Gasteiger partial charge on any atom is -0.379 e. The highest BCUT2D eigenvalue weighted by molar-refractivity contribution is 14.0. The first kappa shape index (κ1) is 23.2. The molecule has 1 atom stereocenters. The van der Waals surface area contributed by atoms with Gasteiger partial charge in [-0.15, -0.1) is 35.3 Å². The smallest absolute Gasteiger partial charge is 0.191 e. The minimum atomic E-state index is 0. The summed E-state index contributed by atoms with van der Waals surface area (Å²) in [6, 6.07) is 8.87. The van der Waals surface area contributed by atoms with Crippen LogP contribution >= 0.6 is 35.3 Å². The molecule has 0 saturated carbocycles. The molecular formula is C20H32IN5OS. The summed E-state index contributed by atoms with van der Waals surface area (Å²) < 4.78 is 7.71. The van der Waals surface area contributed by atoms with Crippen molar-refractivity contribution in [3.63, 3.8) is 0 Å². The molecule has 0 aromatic carbocycles. The number of hydrogen-bond acceptors (Lipinski definition) is 4. The molecule has 0 amide bonds. The Morgan fingerprint density at radius 1 is 1.21 bits per heavy atom. The van der Waals surface area contributed by atoms with E-state index in [1.54, 1.807) is 0 Å². The monoisotopic (exact) mass is 517 g/mol. The number of aliphatic imine (C=N–C) groups is 1. The fraction of sp³-hybridized carbons (Fsp3) is 0.550. The molecule has 1 unspecified atom stereocenters. The number of morpholine rings is 1. The molecule has 8 heteroatoms. The number of ether oxygens (including phenoxy) is 1. The van der Waals surface area contributed by atoms with Gasteiger partial charge in [0.2, 0.25) is 0 Å². The Bertz CT molecular complexity index is 697. The molecule has 1 aliphatic rings. The maximum absolute atomic E-state index is 5.54. The van der Waals surface area contributed by atoms with Crippen molar-refractivity contribution in [1.29, 1.82) is 0 Å². The van der Waals surface area contributed by atoms with Gasteiger partial charge in [0.1, 0.15) is 0 Å². The topological polar surface area (TPSA) is 53.8 Å². The van der Waals surface area contributed by atoms with Gasteiger partial charge in [-0.1, -0.05) is 0 Å². The summed E-state index contributed by atoms with van der Waals surface area (Å²) in [6.45, 7) is 11.2. The standard InChI is InChI=1S/C20H31N5OS.HI/c1-3-21-20(22-8-11-24-9-4-5-10-24)23-16-18(19-7-6-17(2)27-19)25-12-14-26-15-13-25;/h4-7,9-10,18H,3,8,11-16H2,1-2H3,(H2,21,22,23);1H. The third kappa shape index (κ3) is 7.06. The van der Waals surface area contributed by atoms with E-state index in [4.69, 9.17) is 9.73 Å². The predicted molar refractivity (Wildman–Crippen MR) is 128 cm³/mol. The molecule has 2 N–H and O–H groups in total. The molecule has 0 aliphatic carbocycles. The molecule has 0 spiro atoms. The minimum absolute atomic E-state index is 0. The van der Waals surface area contributed by atoms with E-state index in [-0.39, 0.29) is 24.0 Å². The van der Waals surface area contributed by atoms with Crippen molar-refractivity contribution < 1.29 is 4.74 Å². The van der Waals surface area contributed by atoms with Crippen LogP contribution in [0.1, 0.15) is 22.7 Å². The lowest BCUT2D eigenvalue weighted by Crippen LogP contribution is -2.42. The molecular weight excluding hydrogens is 485 g/mol. The lowest BCUT2D eigenvalue weighted by atomic mass is 10.2. The summed E-state index contributed by atoms with van der Waals surface area (Å²) in [5, 5.41) is 6.82. The number of rotatable bonds is 8. The molecule has 2 aromatic heterocycles. The van der Waals surface area contributed by atoms with Crippen LogP contribution in [0.3, 0.4) is 0 Å². The second-order valence-electron chi connectivity index (χ2n) is 6.68. The van der Waals surface area contributed by atoms with Crippen LogP contribution in [0.4, 0.5) is 0 Å². The summed E-state index contributed by atoms with van der Waals surface area (Å²) in [5.41, 5.74) is 0. The van der Waals surface area contributed by atoms with E-state index in [0.717, 1.165) is 58.4 Å². The van der Waals surface area contributed by atoms with Gasteiger partial charge in [-0.2, -0.15) is 0 Å². The number of hydrogen-bond donors (Lipinski definition) is 2. The number of aromatic nitrogens is 1. The Kier molecular flexibility index (Phi) is 10.3. The summed E-state index contributed by atoms with van der Waals surface area (Å²) in [7, 11) is 0. The van der Waals surface area contributed by atoms with Crippen molar-refractivity contribution in [1.82, 2.24) is 20.1 Å². The normalized spacial score (nSPS) is 16.4. The van der Waals surface area contributed by atoms with Gasteiger partial charge in [-0.3, -0.25) is 9.89 Å². The van der Waals surface area contributed by atoms with Crippen LogP contribution in [0.2, 0.25) is 0 Å². The largest absolute Gasteiger partial charge is 0.379 e. The third-order valence-corrected chi connectivity index (χ3v) is 5.77. The van der Waals surface area contributed by atoms with Crippen LogP contribution in [0.25, 0.3) is 0 Å². The molecule has 28 heavy (non-hydrogen) atoms. The Morgan fingerprint density at radius 3 is 2.61 bits per heavy atom. The van der Waals surface area contributed by atoms with Crippen molar-refractivity contribution >= 4 is 41.3 Å². The first-order valence-electron chi connectivity index (χ1n) is 9.77. The van der Waals surface area contributed by atoms with Gasteiger partial charge in [0.15, 0.2) is 5.96 Å². The Balaban J connectivity index is 0.00000280. The highest BCUT2D eigenvalue weighted by Gasteiger charge is 2.23. The zero-order valence-corrected chi connectivity index (χ0v) is 19.9. The van der Waals surface area contributed by atoms with E-state index >= 15 is 0 Å². The molecule has 3 rings (SSSR count). The maximum Gasteiger partial charge on any atom is 0.191 e. The Hall–Kier alpha value is -1.10. The van der Waals surface area contributed by atoms with Crippen molar-refractivity contribution in [3.8, 4) is 0 Å². The van der Waals surface area contributed by atoms with Gasteiger partial charge >= 0.3 is 0 Å².